The van der Waals surface area contributed by atoms with Crippen molar-refractivity contribution in [1.29, 1.82) is 0 Å². The number of nitrogen functional groups attached to an aromatic ring is 1. The lowest BCUT2D eigenvalue weighted by Gasteiger charge is -1.98. The highest BCUT2D eigenvalue weighted by Crippen LogP contribution is 2.41. The summed E-state index contributed by atoms with van der Waals surface area (Å²) in [7, 11) is 0. The molecule has 2 aromatic heterocycles. The van der Waals surface area contributed by atoms with Gasteiger partial charge in [0.15, 0.2) is 5.13 Å². The highest BCUT2D eigenvalue weighted by Gasteiger charge is 2.20. The number of allylic oxidation sites excluding steroid dienone is 1. The summed E-state index contributed by atoms with van der Waals surface area (Å²) in [6, 6.07) is 10.1. The van der Waals surface area contributed by atoms with E-state index in [0.29, 0.717) is 5.95 Å². The Hall–Kier alpha value is -1.76. The molecule has 3 aromatic rings. The smallest absolute Gasteiger partial charge is 0.207 e. The molecule has 2 N–H and O–H groups in total. The van der Waals surface area contributed by atoms with E-state index in [0.717, 1.165) is 33.4 Å². The Bertz CT molecular complexity index is 869. The molecule has 1 aromatic carbocycles. The van der Waals surface area contributed by atoms with E-state index in [2.05, 4.69) is 16.0 Å². The Morgan fingerprint density at radius 1 is 1.17 bits per heavy atom. The predicted molar refractivity (Wildman–Crippen MR) is 98.9 cm³/mol. The van der Waals surface area contributed by atoms with Crippen LogP contribution in [0.3, 0.4) is 0 Å². The number of alkyl halides is 1. The van der Waals surface area contributed by atoms with Crippen LogP contribution >= 0.6 is 34.7 Å². The standard InChI is InChI=1S/C16H13ClN4S2/c17-14-7-6-13(23-14)11-8-21(15(18)19-11)16-20-12(9-22-16)10-4-2-1-3-5-10/h1-6,8-9,14H,7H2,(H2,18,19). The third kappa shape index (κ3) is 2.89. The zero-order valence-corrected chi connectivity index (χ0v) is 14.4. The molecule has 4 nitrogen and oxygen atoms in total. The van der Waals surface area contributed by atoms with E-state index >= 15 is 0 Å². The number of nitrogens with two attached hydrogens (primary N) is 1. The molecule has 1 unspecified atom stereocenters. The summed E-state index contributed by atoms with van der Waals surface area (Å²) in [4.78, 5) is 10.2. The van der Waals surface area contributed by atoms with Crippen LogP contribution in [0.5, 0.6) is 0 Å². The summed E-state index contributed by atoms with van der Waals surface area (Å²) in [5.41, 5.74) is 8.96. The summed E-state index contributed by atoms with van der Waals surface area (Å²) in [5.74, 6) is 0.438. The molecule has 116 valence electrons. The van der Waals surface area contributed by atoms with Crippen LogP contribution in [-0.2, 0) is 0 Å². The lowest BCUT2D eigenvalue weighted by molar-refractivity contribution is 1.05. The van der Waals surface area contributed by atoms with Crippen molar-refractivity contribution in [2.75, 3.05) is 5.73 Å². The molecule has 0 saturated carbocycles. The molecule has 0 saturated heterocycles. The van der Waals surface area contributed by atoms with E-state index < -0.39 is 0 Å². The van der Waals surface area contributed by atoms with Gasteiger partial charge < -0.3 is 5.73 Å². The Balaban J connectivity index is 1.67. The van der Waals surface area contributed by atoms with E-state index in [-0.39, 0.29) is 4.71 Å². The summed E-state index contributed by atoms with van der Waals surface area (Å²) < 4.78 is 1.91. The van der Waals surface area contributed by atoms with Crippen molar-refractivity contribution in [1.82, 2.24) is 14.5 Å². The van der Waals surface area contributed by atoms with Gasteiger partial charge in [0, 0.05) is 22.0 Å². The number of imidazole rings is 1. The molecule has 0 spiro atoms. The number of rotatable bonds is 3. The van der Waals surface area contributed by atoms with Crippen molar-refractivity contribution in [3.05, 3.63) is 53.7 Å². The van der Waals surface area contributed by atoms with Crippen LogP contribution in [0.4, 0.5) is 5.95 Å². The number of thioether (sulfide) groups is 1. The topological polar surface area (TPSA) is 56.7 Å². The Morgan fingerprint density at radius 3 is 2.74 bits per heavy atom. The molecule has 1 atom stereocenters. The van der Waals surface area contributed by atoms with Crippen molar-refractivity contribution in [2.24, 2.45) is 0 Å². The minimum absolute atomic E-state index is 0.0842. The molecule has 0 fully saturated rings. The van der Waals surface area contributed by atoms with Gasteiger partial charge in [-0.3, -0.25) is 4.57 Å². The zero-order chi connectivity index (χ0) is 15.8. The monoisotopic (exact) mass is 360 g/mol. The van der Waals surface area contributed by atoms with Crippen molar-refractivity contribution in [3.63, 3.8) is 0 Å². The number of halogens is 1. The highest BCUT2D eigenvalue weighted by atomic mass is 35.5. The van der Waals surface area contributed by atoms with Crippen molar-refractivity contribution >= 4 is 45.6 Å². The lowest BCUT2D eigenvalue weighted by Crippen LogP contribution is -1.98. The summed E-state index contributed by atoms with van der Waals surface area (Å²) in [6.45, 7) is 0. The van der Waals surface area contributed by atoms with Crippen molar-refractivity contribution < 1.29 is 0 Å². The van der Waals surface area contributed by atoms with Crippen LogP contribution in [0.15, 0.2) is 48.0 Å². The number of anilines is 1. The van der Waals surface area contributed by atoms with E-state index in [9.17, 15) is 0 Å². The van der Waals surface area contributed by atoms with Gasteiger partial charge in [-0.15, -0.1) is 34.7 Å². The summed E-state index contributed by atoms with van der Waals surface area (Å²) in [5, 5.41) is 2.84. The number of benzene rings is 1. The minimum Gasteiger partial charge on any atom is -0.369 e. The molecule has 4 rings (SSSR count). The van der Waals surface area contributed by atoms with Crippen LogP contribution in [0, 0.1) is 0 Å². The molecule has 0 amide bonds. The van der Waals surface area contributed by atoms with Crippen LogP contribution in [0.1, 0.15) is 12.1 Å². The third-order valence-corrected chi connectivity index (χ3v) is 5.86. The predicted octanol–water partition coefficient (Wildman–Crippen LogP) is 4.62. The van der Waals surface area contributed by atoms with Crippen LogP contribution in [0.2, 0.25) is 0 Å². The molecule has 1 aliphatic rings. The first-order valence-electron chi connectivity index (χ1n) is 7.08. The van der Waals surface area contributed by atoms with Gasteiger partial charge >= 0.3 is 0 Å². The van der Waals surface area contributed by atoms with Gasteiger partial charge in [-0.25, -0.2) is 9.97 Å². The third-order valence-electron chi connectivity index (χ3n) is 3.50. The quantitative estimate of drug-likeness (QED) is 0.692. The number of nitrogens with zero attached hydrogens (tertiary/aromatic N) is 3. The second-order valence-electron chi connectivity index (χ2n) is 5.07. The number of aromatic nitrogens is 3. The van der Waals surface area contributed by atoms with Crippen molar-refractivity contribution in [3.8, 4) is 16.4 Å². The van der Waals surface area contributed by atoms with Gasteiger partial charge in [-0.1, -0.05) is 36.4 Å². The van der Waals surface area contributed by atoms with Gasteiger partial charge in [0.1, 0.15) is 0 Å². The Kier molecular flexibility index (Phi) is 3.88. The molecule has 7 heteroatoms. The largest absolute Gasteiger partial charge is 0.369 e. The van der Waals surface area contributed by atoms with Gasteiger partial charge in [0.05, 0.1) is 16.1 Å². The van der Waals surface area contributed by atoms with E-state index in [1.54, 1.807) is 23.1 Å². The lowest BCUT2D eigenvalue weighted by atomic mass is 10.2. The Labute approximate surface area is 147 Å². The molecular weight excluding hydrogens is 348 g/mol. The van der Waals surface area contributed by atoms with Gasteiger partial charge in [-0.05, 0) is 6.42 Å². The van der Waals surface area contributed by atoms with Gasteiger partial charge in [-0.2, -0.15) is 0 Å². The molecular formula is C16H13ClN4S2. The average molecular weight is 361 g/mol. The molecule has 3 heterocycles. The SMILES string of the molecule is Nc1nc(C2=CCC(Cl)S2)cn1-c1nc(-c2ccccc2)cs1. The highest BCUT2D eigenvalue weighted by molar-refractivity contribution is 8.10. The second-order valence-corrected chi connectivity index (χ2v) is 7.93. The number of thiazole rings is 1. The maximum absolute atomic E-state index is 6.13. The zero-order valence-electron chi connectivity index (χ0n) is 12.0. The van der Waals surface area contributed by atoms with E-state index in [1.807, 2.05) is 46.5 Å². The van der Waals surface area contributed by atoms with Crippen molar-refractivity contribution in [2.45, 2.75) is 11.1 Å². The second kappa shape index (κ2) is 6.03. The molecule has 0 aliphatic carbocycles. The summed E-state index contributed by atoms with van der Waals surface area (Å²) >= 11 is 9.29. The number of hydrogen-bond donors (Lipinski definition) is 1. The van der Waals surface area contributed by atoms with E-state index in [1.165, 1.54) is 0 Å². The van der Waals surface area contributed by atoms with Crippen LogP contribution in [0.25, 0.3) is 21.3 Å². The average Bonchev–Trinajstić information content (AvgIpc) is 3.27. The summed E-state index contributed by atoms with van der Waals surface area (Å²) in [6.07, 6.45) is 4.88. The first-order valence-corrected chi connectivity index (χ1v) is 9.28. The fourth-order valence-electron chi connectivity index (χ4n) is 2.38. The fraction of sp³-hybridized carbons (Fsp3) is 0.125. The van der Waals surface area contributed by atoms with Crippen LogP contribution < -0.4 is 5.73 Å². The molecule has 1 aliphatic heterocycles. The Morgan fingerprint density at radius 2 is 2.00 bits per heavy atom. The number of hydrogen-bond acceptors (Lipinski definition) is 5. The first kappa shape index (κ1) is 14.8. The fourth-order valence-corrected chi connectivity index (χ4v) is 4.45. The molecule has 0 bridgehead atoms. The van der Waals surface area contributed by atoms with Gasteiger partial charge in [0.25, 0.3) is 0 Å². The van der Waals surface area contributed by atoms with Crippen LogP contribution in [-0.4, -0.2) is 19.2 Å². The van der Waals surface area contributed by atoms with E-state index in [4.69, 9.17) is 17.3 Å². The normalized spacial score (nSPS) is 17.4. The maximum Gasteiger partial charge on any atom is 0.207 e. The van der Waals surface area contributed by atoms with Gasteiger partial charge in [0.2, 0.25) is 5.95 Å². The molecule has 0 radical (unpaired) electrons. The molecule has 23 heavy (non-hydrogen) atoms. The first-order chi connectivity index (χ1) is 11.2. The maximum atomic E-state index is 6.13. The minimum atomic E-state index is 0.0842.